The number of methoxy groups -OCH3 is 1. The molecule has 1 saturated heterocycles. The van der Waals surface area contributed by atoms with Crippen molar-refractivity contribution in [3.8, 4) is 11.8 Å². The first-order valence-electron chi connectivity index (χ1n) is 8.20. The normalized spacial score (nSPS) is 29.4. The molecule has 0 bridgehead atoms. The molecule has 4 heteroatoms. The summed E-state index contributed by atoms with van der Waals surface area (Å²) in [6.45, 7) is 2.66. The van der Waals surface area contributed by atoms with Gasteiger partial charge in [-0.3, -0.25) is 0 Å². The molecule has 1 saturated carbocycles. The number of aryl methyl sites for hydroxylation is 1. The molecule has 122 valence electrons. The van der Waals surface area contributed by atoms with E-state index in [0.29, 0.717) is 13.0 Å². The standard InChI is InChI=1S/C19H23NO3/c1-14-5-3-6-15(13-14)8-11-19(22)10-4-7-17-16(19)9-12-20(17)18(21)23-2/h3,5-6,13,16-17,22H,4,7,9-10,12H2,1-2H3/t16?,17-,19-/m1/s1. The van der Waals surface area contributed by atoms with E-state index in [9.17, 15) is 9.90 Å². The number of carbonyl (C=O) groups excluding carboxylic acids is 1. The van der Waals surface area contributed by atoms with E-state index in [1.165, 1.54) is 7.11 Å². The quantitative estimate of drug-likeness (QED) is 0.749. The number of ether oxygens (including phenoxy) is 1. The Morgan fingerprint density at radius 3 is 3.00 bits per heavy atom. The zero-order chi connectivity index (χ0) is 16.4. The Bertz CT molecular complexity index is 660. The molecule has 1 aliphatic heterocycles. The van der Waals surface area contributed by atoms with Crippen molar-refractivity contribution in [2.45, 2.75) is 44.2 Å². The Hall–Kier alpha value is -1.99. The van der Waals surface area contributed by atoms with Gasteiger partial charge in [-0.15, -0.1) is 0 Å². The molecule has 1 aliphatic carbocycles. The van der Waals surface area contributed by atoms with Crippen molar-refractivity contribution in [2.24, 2.45) is 5.92 Å². The van der Waals surface area contributed by atoms with Crippen molar-refractivity contribution in [1.82, 2.24) is 4.90 Å². The van der Waals surface area contributed by atoms with Gasteiger partial charge in [0.1, 0.15) is 5.60 Å². The number of hydrogen-bond donors (Lipinski definition) is 1. The van der Waals surface area contributed by atoms with Gasteiger partial charge in [0.15, 0.2) is 0 Å². The van der Waals surface area contributed by atoms with Gasteiger partial charge in [0.2, 0.25) is 0 Å². The molecular formula is C19H23NO3. The summed E-state index contributed by atoms with van der Waals surface area (Å²) in [5, 5.41) is 11.1. The van der Waals surface area contributed by atoms with E-state index in [1.54, 1.807) is 4.90 Å². The van der Waals surface area contributed by atoms with Crippen molar-refractivity contribution in [3.05, 3.63) is 35.4 Å². The maximum absolute atomic E-state index is 11.9. The predicted octanol–water partition coefficient (Wildman–Crippen LogP) is 2.72. The van der Waals surface area contributed by atoms with Crippen LogP contribution in [0.4, 0.5) is 4.79 Å². The minimum Gasteiger partial charge on any atom is -0.453 e. The number of carbonyl (C=O) groups is 1. The number of fused-ring (bicyclic) bond motifs is 1. The number of benzene rings is 1. The highest BCUT2D eigenvalue weighted by molar-refractivity contribution is 5.68. The van der Waals surface area contributed by atoms with Crippen LogP contribution in [-0.2, 0) is 4.74 Å². The highest BCUT2D eigenvalue weighted by Crippen LogP contribution is 2.42. The summed E-state index contributed by atoms with van der Waals surface area (Å²) in [4.78, 5) is 13.6. The molecule has 1 aromatic carbocycles. The van der Waals surface area contributed by atoms with E-state index in [2.05, 4.69) is 11.8 Å². The summed E-state index contributed by atoms with van der Waals surface area (Å²) in [5.41, 5.74) is 1.06. The minimum absolute atomic E-state index is 0.00709. The largest absolute Gasteiger partial charge is 0.453 e. The van der Waals surface area contributed by atoms with E-state index in [0.717, 1.165) is 30.4 Å². The number of amides is 1. The van der Waals surface area contributed by atoms with Crippen molar-refractivity contribution >= 4 is 6.09 Å². The summed E-state index contributed by atoms with van der Waals surface area (Å²) in [7, 11) is 1.40. The molecule has 1 N–H and O–H groups in total. The Balaban J connectivity index is 1.83. The minimum atomic E-state index is -1.02. The molecular weight excluding hydrogens is 290 g/mol. The first-order valence-corrected chi connectivity index (χ1v) is 8.20. The summed E-state index contributed by atoms with van der Waals surface area (Å²) in [6, 6.07) is 8.02. The molecule has 2 fully saturated rings. The van der Waals surface area contributed by atoms with Gasteiger partial charge >= 0.3 is 6.09 Å². The maximum atomic E-state index is 11.9. The first kappa shape index (κ1) is 15.9. The van der Waals surface area contributed by atoms with Crippen LogP contribution in [0.25, 0.3) is 0 Å². The second-order valence-corrected chi connectivity index (χ2v) is 6.56. The van der Waals surface area contributed by atoms with Crippen molar-refractivity contribution < 1.29 is 14.6 Å². The molecule has 3 rings (SSSR count). The Labute approximate surface area is 137 Å². The van der Waals surface area contributed by atoms with Crippen LogP contribution in [0.15, 0.2) is 24.3 Å². The monoisotopic (exact) mass is 313 g/mol. The lowest BCUT2D eigenvalue weighted by molar-refractivity contribution is -0.0136. The lowest BCUT2D eigenvalue weighted by atomic mass is 9.73. The second-order valence-electron chi connectivity index (χ2n) is 6.56. The number of nitrogens with zero attached hydrogens (tertiary/aromatic N) is 1. The van der Waals surface area contributed by atoms with E-state index in [-0.39, 0.29) is 18.1 Å². The average Bonchev–Trinajstić information content (AvgIpc) is 2.98. The topological polar surface area (TPSA) is 49.8 Å². The van der Waals surface area contributed by atoms with Crippen molar-refractivity contribution in [3.63, 3.8) is 0 Å². The van der Waals surface area contributed by atoms with Gasteiger partial charge in [0.25, 0.3) is 0 Å². The summed E-state index contributed by atoms with van der Waals surface area (Å²) >= 11 is 0. The van der Waals surface area contributed by atoms with Crippen LogP contribution >= 0.6 is 0 Å². The van der Waals surface area contributed by atoms with E-state index < -0.39 is 5.60 Å². The molecule has 0 radical (unpaired) electrons. The number of likely N-dealkylation sites (tertiary alicyclic amines) is 1. The van der Waals surface area contributed by atoms with E-state index in [1.807, 2.05) is 31.2 Å². The smallest absolute Gasteiger partial charge is 0.409 e. The van der Waals surface area contributed by atoms with Gasteiger partial charge in [-0.2, -0.15) is 0 Å². The first-order chi connectivity index (χ1) is 11.0. The Kier molecular flexibility index (Phi) is 4.32. The van der Waals surface area contributed by atoms with Crippen LogP contribution in [0.1, 0.15) is 36.8 Å². The number of hydrogen-bond acceptors (Lipinski definition) is 3. The van der Waals surface area contributed by atoms with Crippen LogP contribution in [-0.4, -0.2) is 41.4 Å². The third-order valence-electron chi connectivity index (χ3n) is 5.07. The Morgan fingerprint density at radius 1 is 1.43 bits per heavy atom. The fourth-order valence-electron chi connectivity index (χ4n) is 3.94. The molecule has 1 heterocycles. The molecule has 3 atom stereocenters. The average molecular weight is 313 g/mol. The van der Waals surface area contributed by atoms with E-state index in [4.69, 9.17) is 4.74 Å². The van der Waals surface area contributed by atoms with Gasteiger partial charge in [-0.25, -0.2) is 4.79 Å². The van der Waals surface area contributed by atoms with E-state index >= 15 is 0 Å². The maximum Gasteiger partial charge on any atom is 0.409 e. The Morgan fingerprint density at radius 2 is 2.26 bits per heavy atom. The van der Waals surface area contributed by atoms with Crippen LogP contribution in [0.2, 0.25) is 0 Å². The van der Waals surface area contributed by atoms with Crippen LogP contribution in [0.3, 0.4) is 0 Å². The van der Waals surface area contributed by atoms with Gasteiger partial charge in [-0.05, 0) is 50.3 Å². The molecule has 1 unspecified atom stereocenters. The second kappa shape index (κ2) is 6.25. The fraction of sp³-hybridized carbons (Fsp3) is 0.526. The summed E-state index contributed by atoms with van der Waals surface area (Å²) in [6.07, 6.45) is 2.93. The van der Waals surface area contributed by atoms with Crippen LogP contribution < -0.4 is 0 Å². The predicted molar refractivity (Wildman–Crippen MR) is 87.9 cm³/mol. The van der Waals surface area contributed by atoms with Crippen LogP contribution in [0, 0.1) is 24.7 Å². The zero-order valence-corrected chi connectivity index (χ0v) is 13.7. The third-order valence-corrected chi connectivity index (χ3v) is 5.07. The highest BCUT2D eigenvalue weighted by Gasteiger charge is 2.50. The fourth-order valence-corrected chi connectivity index (χ4v) is 3.94. The van der Waals surface area contributed by atoms with Crippen LogP contribution in [0.5, 0.6) is 0 Å². The van der Waals surface area contributed by atoms with Crippen molar-refractivity contribution in [1.29, 1.82) is 0 Å². The molecule has 0 aromatic heterocycles. The summed E-state index contributed by atoms with van der Waals surface area (Å²) < 4.78 is 4.86. The van der Waals surface area contributed by atoms with Gasteiger partial charge in [-0.1, -0.05) is 24.0 Å². The SMILES string of the molecule is COC(=O)N1CCC2[C@H]1CCC[C@@]2(O)C#Cc1cccc(C)c1. The lowest BCUT2D eigenvalue weighted by Gasteiger charge is -2.39. The molecule has 23 heavy (non-hydrogen) atoms. The van der Waals surface area contributed by atoms with Crippen molar-refractivity contribution in [2.75, 3.05) is 13.7 Å². The molecule has 1 aromatic rings. The third kappa shape index (κ3) is 3.07. The molecule has 2 aliphatic rings. The van der Waals surface area contributed by atoms with Gasteiger partial charge in [0.05, 0.1) is 7.11 Å². The summed E-state index contributed by atoms with van der Waals surface area (Å²) in [5.74, 6) is 6.26. The van der Waals surface area contributed by atoms with Gasteiger partial charge in [0, 0.05) is 24.1 Å². The zero-order valence-electron chi connectivity index (χ0n) is 13.7. The molecule has 0 spiro atoms. The number of rotatable bonds is 0. The lowest BCUT2D eigenvalue weighted by Crippen LogP contribution is -2.49. The highest BCUT2D eigenvalue weighted by atomic mass is 16.5. The molecule has 4 nitrogen and oxygen atoms in total. The molecule has 1 amide bonds. The number of aliphatic hydroxyl groups is 1. The van der Waals surface area contributed by atoms with Gasteiger partial charge < -0.3 is 14.7 Å².